The summed E-state index contributed by atoms with van der Waals surface area (Å²) in [4.78, 5) is 20.5. The second-order valence-corrected chi connectivity index (χ2v) is 5.18. The van der Waals surface area contributed by atoms with E-state index in [0.29, 0.717) is 27.7 Å². The average molecular weight is 326 g/mol. The van der Waals surface area contributed by atoms with Gasteiger partial charge in [-0.3, -0.25) is 4.79 Å². The first-order valence-electron chi connectivity index (χ1n) is 6.08. The van der Waals surface area contributed by atoms with Gasteiger partial charge in [0.1, 0.15) is 0 Å². The number of nitrogens with one attached hydrogen (secondary N) is 1. The van der Waals surface area contributed by atoms with E-state index in [0.717, 1.165) is 0 Å². The van der Waals surface area contributed by atoms with Crippen molar-refractivity contribution in [2.45, 2.75) is 13.8 Å². The summed E-state index contributed by atoms with van der Waals surface area (Å²) in [5.41, 5.74) is 2.08. The van der Waals surface area contributed by atoms with Gasteiger partial charge in [-0.15, -0.1) is 0 Å². The molecule has 0 bridgehead atoms. The summed E-state index contributed by atoms with van der Waals surface area (Å²) in [5, 5.41) is 3.51. The lowest BCUT2D eigenvalue weighted by atomic mass is 10.2. The van der Waals surface area contributed by atoms with Gasteiger partial charge in [0.15, 0.2) is 0 Å². The van der Waals surface area contributed by atoms with E-state index < -0.39 is 0 Å². The Kier molecular flexibility index (Phi) is 4.65. The zero-order valence-corrected chi connectivity index (χ0v) is 13.2. The van der Waals surface area contributed by atoms with Gasteiger partial charge in [0.05, 0.1) is 34.8 Å². The number of halogens is 2. The molecule has 0 saturated carbocycles. The van der Waals surface area contributed by atoms with Crippen LogP contribution in [0.2, 0.25) is 10.0 Å². The lowest BCUT2D eigenvalue weighted by Gasteiger charge is -2.12. The van der Waals surface area contributed by atoms with Gasteiger partial charge in [-0.05, 0) is 32.0 Å². The van der Waals surface area contributed by atoms with Gasteiger partial charge in [0, 0.05) is 5.02 Å². The van der Waals surface area contributed by atoms with E-state index in [1.54, 1.807) is 26.0 Å². The molecule has 0 unspecified atom stereocenters. The standard InChI is InChI=1S/C14H13Cl2N3O2/c1-7-12(8(2)18-14(17-7)21-3)19-13(20)10-5-4-9(15)6-11(10)16/h4-6H,1-3H3,(H,19,20). The highest BCUT2D eigenvalue weighted by Gasteiger charge is 2.15. The molecule has 0 saturated heterocycles. The molecule has 21 heavy (non-hydrogen) atoms. The first kappa shape index (κ1) is 15.5. The van der Waals surface area contributed by atoms with Crippen molar-refractivity contribution in [3.05, 3.63) is 45.2 Å². The molecule has 2 aromatic rings. The van der Waals surface area contributed by atoms with Crippen molar-refractivity contribution in [3.63, 3.8) is 0 Å². The molecule has 110 valence electrons. The van der Waals surface area contributed by atoms with E-state index in [1.165, 1.54) is 13.2 Å². The van der Waals surface area contributed by atoms with E-state index in [1.807, 2.05) is 0 Å². The van der Waals surface area contributed by atoms with E-state index in [-0.39, 0.29) is 16.9 Å². The maximum Gasteiger partial charge on any atom is 0.316 e. The molecule has 0 fully saturated rings. The molecule has 0 atom stereocenters. The number of methoxy groups -OCH3 is 1. The van der Waals surface area contributed by atoms with Crippen LogP contribution in [0.15, 0.2) is 18.2 Å². The van der Waals surface area contributed by atoms with Gasteiger partial charge in [0.2, 0.25) is 0 Å². The number of hydrogen-bond donors (Lipinski definition) is 1. The van der Waals surface area contributed by atoms with Crippen molar-refractivity contribution >= 4 is 34.8 Å². The van der Waals surface area contributed by atoms with Gasteiger partial charge in [-0.25, -0.2) is 0 Å². The molecular formula is C14H13Cl2N3O2. The van der Waals surface area contributed by atoms with Crippen LogP contribution >= 0.6 is 23.2 Å². The van der Waals surface area contributed by atoms with Crippen LogP contribution in [0.3, 0.4) is 0 Å². The average Bonchev–Trinajstić information content (AvgIpc) is 2.42. The summed E-state index contributed by atoms with van der Waals surface area (Å²) in [7, 11) is 1.49. The van der Waals surface area contributed by atoms with Crippen LogP contribution < -0.4 is 10.1 Å². The molecule has 1 amide bonds. The minimum atomic E-state index is -0.350. The van der Waals surface area contributed by atoms with Crippen molar-refractivity contribution in [2.24, 2.45) is 0 Å². The number of carbonyl (C=O) groups is 1. The van der Waals surface area contributed by atoms with Crippen molar-refractivity contribution in [1.82, 2.24) is 9.97 Å². The molecule has 1 heterocycles. The molecular weight excluding hydrogens is 313 g/mol. The van der Waals surface area contributed by atoms with Crippen LogP contribution in [0, 0.1) is 13.8 Å². The Labute approximate surface area is 132 Å². The van der Waals surface area contributed by atoms with E-state index in [4.69, 9.17) is 27.9 Å². The number of carbonyl (C=O) groups excluding carboxylic acids is 1. The maximum atomic E-state index is 12.3. The fourth-order valence-electron chi connectivity index (χ4n) is 1.81. The van der Waals surface area contributed by atoms with Crippen LogP contribution in [0.4, 0.5) is 5.69 Å². The summed E-state index contributed by atoms with van der Waals surface area (Å²) in [6.45, 7) is 3.52. The van der Waals surface area contributed by atoms with Crippen LogP contribution in [0.5, 0.6) is 6.01 Å². The highest BCUT2D eigenvalue weighted by molar-refractivity contribution is 6.37. The quantitative estimate of drug-likeness (QED) is 0.935. The van der Waals surface area contributed by atoms with Gasteiger partial charge in [-0.2, -0.15) is 9.97 Å². The summed E-state index contributed by atoms with van der Waals surface area (Å²) in [5.74, 6) is -0.350. The third-order valence-corrected chi connectivity index (χ3v) is 3.39. The van der Waals surface area contributed by atoms with Gasteiger partial charge < -0.3 is 10.1 Å². The fourth-order valence-corrected chi connectivity index (χ4v) is 2.31. The number of hydrogen-bond acceptors (Lipinski definition) is 4. The van der Waals surface area contributed by atoms with Gasteiger partial charge in [0.25, 0.3) is 5.91 Å². The zero-order valence-electron chi connectivity index (χ0n) is 11.7. The van der Waals surface area contributed by atoms with Crippen LogP contribution in [0.1, 0.15) is 21.7 Å². The highest BCUT2D eigenvalue weighted by atomic mass is 35.5. The first-order chi connectivity index (χ1) is 9.92. The Bertz CT molecular complexity index is 682. The highest BCUT2D eigenvalue weighted by Crippen LogP contribution is 2.24. The Morgan fingerprint density at radius 2 is 1.81 bits per heavy atom. The number of ether oxygens (including phenoxy) is 1. The van der Waals surface area contributed by atoms with E-state index in [2.05, 4.69) is 15.3 Å². The first-order valence-corrected chi connectivity index (χ1v) is 6.83. The monoisotopic (exact) mass is 325 g/mol. The fraction of sp³-hybridized carbons (Fsp3) is 0.214. The Morgan fingerprint density at radius 3 is 2.33 bits per heavy atom. The Morgan fingerprint density at radius 1 is 1.19 bits per heavy atom. The van der Waals surface area contributed by atoms with E-state index >= 15 is 0 Å². The molecule has 1 N–H and O–H groups in total. The summed E-state index contributed by atoms with van der Waals surface area (Å²) >= 11 is 11.8. The van der Waals surface area contributed by atoms with Crippen LogP contribution in [0.25, 0.3) is 0 Å². The predicted octanol–water partition coefficient (Wildman–Crippen LogP) is 3.66. The summed E-state index contributed by atoms with van der Waals surface area (Å²) in [6, 6.07) is 4.94. The number of benzene rings is 1. The molecule has 1 aromatic heterocycles. The molecule has 1 aromatic carbocycles. The number of nitrogens with zero attached hydrogens (tertiary/aromatic N) is 2. The third kappa shape index (κ3) is 3.43. The number of amides is 1. The minimum absolute atomic E-state index is 0.257. The number of aromatic nitrogens is 2. The molecule has 0 aliphatic rings. The number of aryl methyl sites for hydroxylation is 2. The van der Waals surface area contributed by atoms with Crippen molar-refractivity contribution < 1.29 is 9.53 Å². The lowest BCUT2D eigenvalue weighted by molar-refractivity contribution is 0.102. The predicted molar refractivity (Wildman–Crippen MR) is 82.5 cm³/mol. The SMILES string of the molecule is COc1nc(C)c(NC(=O)c2ccc(Cl)cc2Cl)c(C)n1. The molecule has 5 nitrogen and oxygen atoms in total. The van der Waals surface area contributed by atoms with Gasteiger partial charge in [-0.1, -0.05) is 23.2 Å². The van der Waals surface area contributed by atoms with Crippen molar-refractivity contribution in [1.29, 1.82) is 0 Å². The normalized spacial score (nSPS) is 10.3. The topological polar surface area (TPSA) is 64.1 Å². The summed E-state index contributed by atoms with van der Waals surface area (Å²) in [6.07, 6.45) is 0. The lowest BCUT2D eigenvalue weighted by Crippen LogP contribution is -2.15. The molecule has 0 radical (unpaired) electrons. The molecule has 0 aliphatic heterocycles. The van der Waals surface area contributed by atoms with Crippen LogP contribution in [-0.2, 0) is 0 Å². The van der Waals surface area contributed by atoms with Crippen molar-refractivity contribution in [3.8, 4) is 6.01 Å². The van der Waals surface area contributed by atoms with Gasteiger partial charge >= 0.3 is 6.01 Å². The molecule has 7 heteroatoms. The maximum absolute atomic E-state index is 12.3. The molecule has 0 aliphatic carbocycles. The minimum Gasteiger partial charge on any atom is -0.467 e. The third-order valence-electron chi connectivity index (χ3n) is 2.85. The largest absolute Gasteiger partial charge is 0.467 e. The number of rotatable bonds is 3. The number of anilines is 1. The second-order valence-electron chi connectivity index (χ2n) is 4.33. The second kappa shape index (κ2) is 6.28. The Balaban J connectivity index is 2.32. The van der Waals surface area contributed by atoms with E-state index in [9.17, 15) is 4.79 Å². The molecule has 2 rings (SSSR count). The van der Waals surface area contributed by atoms with Crippen LogP contribution in [-0.4, -0.2) is 23.0 Å². The smallest absolute Gasteiger partial charge is 0.316 e. The Hall–Kier alpha value is -1.85. The summed E-state index contributed by atoms with van der Waals surface area (Å²) < 4.78 is 4.98. The van der Waals surface area contributed by atoms with Crippen molar-refractivity contribution in [2.75, 3.05) is 12.4 Å². The molecule has 0 spiro atoms. The zero-order chi connectivity index (χ0) is 15.6.